The smallest absolute Gasteiger partial charge is 0.416 e. The lowest BCUT2D eigenvalue weighted by molar-refractivity contribution is -0.137. The highest BCUT2D eigenvalue weighted by molar-refractivity contribution is 5.95. The van der Waals surface area contributed by atoms with Crippen molar-refractivity contribution in [3.05, 3.63) is 131 Å². The van der Waals surface area contributed by atoms with Crippen molar-refractivity contribution < 1.29 is 27.8 Å². The van der Waals surface area contributed by atoms with Gasteiger partial charge in [0.1, 0.15) is 6.10 Å². The molecule has 3 atom stereocenters. The third kappa shape index (κ3) is 5.27. The lowest BCUT2D eigenvalue weighted by atomic mass is 9.87. The summed E-state index contributed by atoms with van der Waals surface area (Å²) < 4.78 is 45.1. The van der Waals surface area contributed by atoms with Crippen molar-refractivity contribution in [3.63, 3.8) is 0 Å². The molecule has 0 saturated heterocycles. The van der Waals surface area contributed by atoms with Gasteiger partial charge in [0.15, 0.2) is 0 Å². The Morgan fingerprint density at radius 3 is 1.84 bits per heavy atom. The Morgan fingerprint density at radius 1 is 0.711 bits per heavy atom. The van der Waals surface area contributed by atoms with Crippen LogP contribution in [0, 0.1) is 5.92 Å². The van der Waals surface area contributed by atoms with Gasteiger partial charge >= 0.3 is 12.1 Å². The SMILES string of the molecule is C[C@@H]([C@H](O)c1ccc(C(F)(F)F)cc1)[C@H](OC(=O)c1ccc2ccccc2c1)c1ccc2ccccc2c1. The molecule has 5 aromatic rings. The summed E-state index contributed by atoms with van der Waals surface area (Å²) in [7, 11) is 0. The molecule has 0 fully saturated rings. The van der Waals surface area contributed by atoms with E-state index in [2.05, 4.69) is 0 Å². The van der Waals surface area contributed by atoms with Gasteiger partial charge in [0.25, 0.3) is 0 Å². The third-order valence-electron chi connectivity index (χ3n) is 6.88. The molecule has 0 spiro atoms. The Morgan fingerprint density at radius 2 is 1.24 bits per heavy atom. The lowest BCUT2D eigenvalue weighted by Gasteiger charge is -2.29. The van der Waals surface area contributed by atoms with E-state index in [9.17, 15) is 23.1 Å². The van der Waals surface area contributed by atoms with E-state index in [-0.39, 0.29) is 0 Å². The quantitative estimate of drug-likeness (QED) is 0.232. The number of carbonyl (C=O) groups excluding carboxylic acids is 1. The first kappa shape index (κ1) is 25.5. The van der Waals surface area contributed by atoms with Crippen LogP contribution in [0.5, 0.6) is 0 Å². The van der Waals surface area contributed by atoms with E-state index in [4.69, 9.17) is 4.74 Å². The Balaban J connectivity index is 1.49. The maximum atomic E-state index is 13.3. The summed E-state index contributed by atoms with van der Waals surface area (Å²) in [4.78, 5) is 13.3. The van der Waals surface area contributed by atoms with E-state index in [1.165, 1.54) is 12.1 Å². The molecular weight excluding hydrogens is 489 g/mol. The van der Waals surface area contributed by atoms with Crippen molar-refractivity contribution in [2.45, 2.75) is 25.3 Å². The van der Waals surface area contributed by atoms with Gasteiger partial charge in [0.05, 0.1) is 17.2 Å². The van der Waals surface area contributed by atoms with Crippen LogP contribution < -0.4 is 0 Å². The molecule has 0 radical (unpaired) electrons. The van der Waals surface area contributed by atoms with Crippen molar-refractivity contribution in [2.75, 3.05) is 0 Å². The van der Waals surface area contributed by atoms with Gasteiger partial charge < -0.3 is 9.84 Å². The van der Waals surface area contributed by atoms with Crippen LogP contribution in [0.4, 0.5) is 13.2 Å². The van der Waals surface area contributed by atoms with Crippen molar-refractivity contribution in [2.24, 2.45) is 5.92 Å². The fourth-order valence-corrected chi connectivity index (χ4v) is 4.70. The van der Waals surface area contributed by atoms with Gasteiger partial charge in [-0.05, 0) is 63.0 Å². The molecule has 0 aliphatic heterocycles. The van der Waals surface area contributed by atoms with Crippen LogP contribution in [0.15, 0.2) is 109 Å². The number of hydrogen-bond acceptors (Lipinski definition) is 3. The number of alkyl halides is 3. The molecule has 0 heterocycles. The molecule has 0 bridgehead atoms. The molecule has 5 rings (SSSR count). The van der Waals surface area contributed by atoms with Gasteiger partial charge in [0.2, 0.25) is 0 Å². The van der Waals surface area contributed by atoms with E-state index in [1.807, 2.05) is 72.8 Å². The Labute approximate surface area is 218 Å². The van der Waals surface area contributed by atoms with Crippen molar-refractivity contribution >= 4 is 27.5 Å². The summed E-state index contributed by atoms with van der Waals surface area (Å²) >= 11 is 0. The topological polar surface area (TPSA) is 46.5 Å². The first-order valence-corrected chi connectivity index (χ1v) is 12.2. The van der Waals surface area contributed by atoms with Gasteiger partial charge in [0, 0.05) is 5.92 Å². The Kier molecular flexibility index (Phi) is 6.91. The zero-order valence-electron chi connectivity index (χ0n) is 20.5. The second-order valence-electron chi connectivity index (χ2n) is 9.42. The molecule has 0 unspecified atom stereocenters. The van der Waals surface area contributed by atoms with E-state index in [0.717, 1.165) is 33.7 Å². The predicted molar refractivity (Wildman–Crippen MR) is 142 cm³/mol. The molecule has 0 aromatic heterocycles. The number of rotatable bonds is 6. The maximum Gasteiger partial charge on any atom is 0.416 e. The van der Waals surface area contributed by atoms with Crippen molar-refractivity contribution in [1.82, 2.24) is 0 Å². The average molecular weight is 515 g/mol. The second kappa shape index (κ2) is 10.3. The molecular formula is C32H25F3O3. The number of aliphatic hydroxyl groups is 1. The van der Waals surface area contributed by atoms with Crippen LogP contribution in [0.2, 0.25) is 0 Å². The number of fused-ring (bicyclic) bond motifs is 2. The average Bonchev–Trinajstić information content (AvgIpc) is 2.94. The number of benzene rings is 5. The molecule has 0 amide bonds. The van der Waals surface area contributed by atoms with E-state index >= 15 is 0 Å². The predicted octanol–water partition coefficient (Wildman–Crippen LogP) is 8.28. The largest absolute Gasteiger partial charge is 0.453 e. The minimum Gasteiger partial charge on any atom is -0.453 e. The normalized spacial score (nSPS) is 14.2. The van der Waals surface area contributed by atoms with Crippen molar-refractivity contribution in [3.8, 4) is 0 Å². The number of esters is 1. The molecule has 0 saturated carbocycles. The van der Waals surface area contributed by atoms with Gasteiger partial charge in [-0.25, -0.2) is 4.79 Å². The zero-order chi connectivity index (χ0) is 26.9. The first-order chi connectivity index (χ1) is 18.2. The molecule has 5 aromatic carbocycles. The van der Waals surface area contributed by atoms with Gasteiger partial charge in [-0.15, -0.1) is 0 Å². The summed E-state index contributed by atoms with van der Waals surface area (Å²) in [5, 5.41) is 15.0. The molecule has 0 aliphatic carbocycles. The summed E-state index contributed by atoms with van der Waals surface area (Å²) in [6.45, 7) is 1.72. The number of carbonyl (C=O) groups is 1. The summed E-state index contributed by atoms with van der Waals surface area (Å²) in [6, 6.07) is 30.8. The highest BCUT2D eigenvalue weighted by atomic mass is 19.4. The molecule has 0 aliphatic rings. The molecule has 6 heteroatoms. The van der Waals surface area contributed by atoms with E-state index < -0.39 is 35.8 Å². The fraction of sp³-hybridized carbons (Fsp3) is 0.156. The van der Waals surface area contributed by atoms with Crippen LogP contribution in [0.1, 0.15) is 46.2 Å². The van der Waals surface area contributed by atoms with Crippen molar-refractivity contribution in [1.29, 1.82) is 0 Å². The summed E-state index contributed by atoms with van der Waals surface area (Å²) in [6.07, 6.45) is -6.52. The van der Waals surface area contributed by atoms with Crippen LogP contribution in [0.25, 0.3) is 21.5 Å². The second-order valence-corrected chi connectivity index (χ2v) is 9.42. The monoisotopic (exact) mass is 514 g/mol. The standard InChI is InChI=1S/C32H25F3O3/c1-20(29(36)23-14-16-28(17-15-23)32(33,34)35)30(26-12-10-21-6-2-4-8-24(21)18-26)38-31(37)27-13-11-22-7-3-5-9-25(22)19-27/h2-20,29-30,36H,1H3/t20-,29-,30-/m0/s1. The molecule has 1 N–H and O–H groups in total. The minimum atomic E-state index is -4.47. The van der Waals surface area contributed by atoms with E-state index in [1.54, 1.807) is 19.1 Å². The summed E-state index contributed by atoms with van der Waals surface area (Å²) in [5.74, 6) is -1.22. The van der Waals surface area contributed by atoms with Crippen LogP contribution in [-0.2, 0) is 10.9 Å². The lowest BCUT2D eigenvalue weighted by Crippen LogP contribution is -2.23. The molecule has 38 heavy (non-hydrogen) atoms. The molecule has 3 nitrogen and oxygen atoms in total. The highest BCUT2D eigenvalue weighted by Crippen LogP contribution is 2.38. The van der Waals surface area contributed by atoms with Crippen LogP contribution >= 0.6 is 0 Å². The van der Waals surface area contributed by atoms with Crippen LogP contribution in [0.3, 0.4) is 0 Å². The van der Waals surface area contributed by atoms with Gasteiger partial charge in [-0.1, -0.05) is 85.8 Å². The minimum absolute atomic E-state index is 0.304. The zero-order valence-corrected chi connectivity index (χ0v) is 20.5. The van der Waals surface area contributed by atoms with E-state index in [0.29, 0.717) is 16.7 Å². The maximum absolute atomic E-state index is 13.3. The number of hydrogen-bond donors (Lipinski definition) is 1. The summed E-state index contributed by atoms with van der Waals surface area (Å²) in [5.41, 5.74) is 0.551. The van der Waals surface area contributed by atoms with Gasteiger partial charge in [-0.3, -0.25) is 0 Å². The Hall–Kier alpha value is -4.16. The number of aliphatic hydroxyl groups excluding tert-OH is 1. The Bertz CT molecular complexity index is 1590. The highest BCUT2D eigenvalue weighted by Gasteiger charge is 2.33. The van der Waals surface area contributed by atoms with Crippen LogP contribution in [-0.4, -0.2) is 11.1 Å². The fourth-order valence-electron chi connectivity index (χ4n) is 4.70. The van der Waals surface area contributed by atoms with Gasteiger partial charge in [-0.2, -0.15) is 13.2 Å². The number of ether oxygens (including phenoxy) is 1. The third-order valence-corrected chi connectivity index (χ3v) is 6.88. The first-order valence-electron chi connectivity index (χ1n) is 12.2. The number of halogens is 3. The molecule has 192 valence electrons.